The molecule has 20 heavy (non-hydrogen) atoms. The van der Waals surface area contributed by atoms with Crippen LogP contribution in [0.5, 0.6) is 0 Å². The summed E-state index contributed by atoms with van der Waals surface area (Å²) in [5.41, 5.74) is 1.72. The monoisotopic (exact) mass is 285 g/mol. The highest BCUT2D eigenvalue weighted by Crippen LogP contribution is 2.24. The van der Waals surface area contributed by atoms with Gasteiger partial charge >= 0.3 is 12.1 Å². The van der Waals surface area contributed by atoms with E-state index in [1.807, 2.05) is 0 Å². The Morgan fingerprint density at radius 3 is 2.75 bits per heavy atom. The van der Waals surface area contributed by atoms with Crippen molar-refractivity contribution in [2.45, 2.75) is 19.6 Å². The second-order valence-electron chi connectivity index (χ2n) is 4.18. The Kier molecular flexibility index (Phi) is 3.47. The summed E-state index contributed by atoms with van der Waals surface area (Å²) in [5.74, 6) is -1.11. The van der Waals surface area contributed by atoms with Crippen molar-refractivity contribution in [2.24, 2.45) is 0 Å². The second-order valence-corrected chi connectivity index (χ2v) is 4.18. The Balaban J connectivity index is 2.46. The molecule has 0 aliphatic carbocycles. The fraction of sp³-hybridized carbons (Fsp3) is 0.250. The molecule has 2 rings (SSSR count). The number of carbonyl (C=O) groups is 1. The van der Waals surface area contributed by atoms with Gasteiger partial charge in [0.15, 0.2) is 0 Å². The number of nitrogens with zero attached hydrogens (tertiary/aromatic N) is 3. The number of aromatic nitrogens is 3. The van der Waals surface area contributed by atoms with Gasteiger partial charge in [-0.3, -0.25) is 0 Å². The smallest absolute Gasteiger partial charge is 0.408 e. The van der Waals surface area contributed by atoms with Crippen LogP contribution in [0.1, 0.15) is 11.1 Å². The minimum atomic E-state index is -4.38. The molecule has 2 aromatic rings. The summed E-state index contributed by atoms with van der Waals surface area (Å²) >= 11 is 0. The van der Waals surface area contributed by atoms with Gasteiger partial charge in [-0.1, -0.05) is 11.3 Å². The van der Waals surface area contributed by atoms with E-state index in [0.29, 0.717) is 16.6 Å². The molecule has 1 N–H and O–H groups in total. The normalized spacial score (nSPS) is 12.4. The number of hydrogen-bond donors (Lipinski definition) is 1. The molecule has 0 radical (unpaired) electrons. The lowest BCUT2D eigenvalue weighted by atomic mass is 10.1. The van der Waals surface area contributed by atoms with Crippen molar-refractivity contribution < 1.29 is 23.1 Å². The number of halogens is 3. The van der Waals surface area contributed by atoms with Crippen LogP contribution in [0.4, 0.5) is 13.2 Å². The van der Waals surface area contributed by atoms with Crippen molar-refractivity contribution in [3.05, 3.63) is 29.3 Å². The van der Waals surface area contributed by atoms with Crippen molar-refractivity contribution in [3.8, 4) is 0 Å². The third-order valence-corrected chi connectivity index (χ3v) is 2.72. The lowest BCUT2D eigenvalue weighted by Crippen LogP contribution is -2.18. The summed E-state index contributed by atoms with van der Waals surface area (Å²) in [6.45, 7) is 0.434. The maximum Gasteiger partial charge on any atom is 0.408 e. The minimum Gasteiger partial charge on any atom is -0.478 e. The van der Waals surface area contributed by atoms with Crippen LogP contribution in [0.3, 0.4) is 0 Å². The summed E-state index contributed by atoms with van der Waals surface area (Å²) < 4.78 is 37.9. The van der Waals surface area contributed by atoms with E-state index in [4.69, 9.17) is 5.11 Å². The topological polar surface area (TPSA) is 68.0 Å². The van der Waals surface area contributed by atoms with Crippen molar-refractivity contribution >= 4 is 23.1 Å². The molecule has 0 aliphatic rings. The average Bonchev–Trinajstić information content (AvgIpc) is 2.70. The van der Waals surface area contributed by atoms with E-state index in [1.54, 1.807) is 6.92 Å². The fourth-order valence-electron chi connectivity index (χ4n) is 1.81. The molecule has 1 aromatic carbocycles. The van der Waals surface area contributed by atoms with E-state index in [-0.39, 0.29) is 5.52 Å². The number of carboxylic acid groups (broad SMARTS) is 1. The van der Waals surface area contributed by atoms with E-state index in [0.717, 1.165) is 10.8 Å². The van der Waals surface area contributed by atoms with Crippen LogP contribution in [0.25, 0.3) is 17.1 Å². The quantitative estimate of drug-likeness (QED) is 0.879. The average molecular weight is 285 g/mol. The lowest BCUT2D eigenvalue weighted by Gasteiger charge is -2.07. The first kappa shape index (κ1) is 14.0. The molecular weight excluding hydrogens is 275 g/mol. The number of benzene rings is 1. The summed E-state index contributed by atoms with van der Waals surface area (Å²) in [6.07, 6.45) is -2.06. The molecule has 1 heterocycles. The summed E-state index contributed by atoms with van der Waals surface area (Å²) in [5, 5.41) is 15.8. The Bertz CT molecular complexity index is 689. The van der Waals surface area contributed by atoms with Crippen LogP contribution in [-0.2, 0) is 11.3 Å². The van der Waals surface area contributed by atoms with E-state index in [2.05, 4.69) is 10.3 Å². The van der Waals surface area contributed by atoms with E-state index >= 15 is 0 Å². The van der Waals surface area contributed by atoms with Gasteiger partial charge in [0.1, 0.15) is 12.1 Å². The molecule has 0 saturated carbocycles. The molecule has 0 bridgehead atoms. The highest BCUT2D eigenvalue weighted by Gasteiger charge is 2.29. The molecule has 0 amide bonds. The van der Waals surface area contributed by atoms with Gasteiger partial charge in [0, 0.05) is 6.08 Å². The Hall–Kier alpha value is -2.38. The molecule has 0 atom stereocenters. The largest absolute Gasteiger partial charge is 0.478 e. The standard InChI is InChI=1S/C12H10F3N3O2/c1-7-8(3-5-10(19)20)2-4-9-11(7)16-17-18(9)6-12(13,14)15/h2-5H,6H2,1H3,(H,19,20)/b5-3+. The zero-order valence-corrected chi connectivity index (χ0v) is 10.3. The zero-order chi connectivity index (χ0) is 14.9. The van der Waals surface area contributed by atoms with Crippen LogP contribution in [0.15, 0.2) is 18.2 Å². The molecule has 1 aromatic heterocycles. The number of aryl methyl sites for hydroxylation is 1. The molecule has 0 aliphatic heterocycles. The SMILES string of the molecule is Cc1c(/C=C/C(=O)O)ccc2c1nnn2CC(F)(F)F. The maximum absolute atomic E-state index is 12.4. The number of aliphatic carboxylic acids is 1. The first-order valence-electron chi connectivity index (χ1n) is 5.58. The van der Waals surface area contributed by atoms with Gasteiger partial charge in [0.05, 0.1) is 5.52 Å². The molecule has 0 saturated heterocycles. The van der Waals surface area contributed by atoms with Gasteiger partial charge < -0.3 is 5.11 Å². The Morgan fingerprint density at radius 2 is 2.15 bits per heavy atom. The molecule has 106 valence electrons. The second kappa shape index (κ2) is 4.95. The number of alkyl halides is 3. The van der Waals surface area contributed by atoms with Crippen molar-refractivity contribution in [1.82, 2.24) is 15.0 Å². The van der Waals surface area contributed by atoms with E-state index < -0.39 is 18.7 Å². The van der Waals surface area contributed by atoms with Crippen LogP contribution in [0.2, 0.25) is 0 Å². The zero-order valence-electron chi connectivity index (χ0n) is 10.3. The Morgan fingerprint density at radius 1 is 1.45 bits per heavy atom. The predicted octanol–water partition coefficient (Wildman–Crippen LogP) is 2.40. The van der Waals surface area contributed by atoms with Gasteiger partial charge in [-0.2, -0.15) is 13.2 Å². The number of fused-ring (bicyclic) bond motifs is 1. The number of carboxylic acids is 1. The molecule has 0 fully saturated rings. The summed E-state index contributed by atoms with van der Waals surface area (Å²) in [6, 6.07) is 2.98. The Labute approximate surface area is 111 Å². The van der Waals surface area contributed by atoms with Gasteiger partial charge in [-0.05, 0) is 30.2 Å². The highest BCUT2D eigenvalue weighted by molar-refractivity contribution is 5.88. The van der Waals surface area contributed by atoms with Crippen molar-refractivity contribution in [2.75, 3.05) is 0 Å². The third-order valence-electron chi connectivity index (χ3n) is 2.72. The lowest BCUT2D eigenvalue weighted by molar-refractivity contribution is -0.142. The highest BCUT2D eigenvalue weighted by atomic mass is 19.4. The molecular formula is C12H10F3N3O2. The van der Waals surface area contributed by atoms with Gasteiger partial charge in [-0.25, -0.2) is 9.48 Å². The van der Waals surface area contributed by atoms with Crippen LogP contribution in [-0.4, -0.2) is 32.2 Å². The van der Waals surface area contributed by atoms with Gasteiger partial charge in [0.25, 0.3) is 0 Å². The summed E-state index contributed by atoms with van der Waals surface area (Å²) in [4.78, 5) is 10.5. The van der Waals surface area contributed by atoms with Gasteiger partial charge in [0.2, 0.25) is 0 Å². The first-order valence-corrected chi connectivity index (χ1v) is 5.58. The van der Waals surface area contributed by atoms with Crippen molar-refractivity contribution in [1.29, 1.82) is 0 Å². The van der Waals surface area contributed by atoms with E-state index in [1.165, 1.54) is 18.2 Å². The number of rotatable bonds is 3. The predicted molar refractivity (Wildman–Crippen MR) is 65.0 cm³/mol. The van der Waals surface area contributed by atoms with Crippen molar-refractivity contribution in [3.63, 3.8) is 0 Å². The maximum atomic E-state index is 12.4. The molecule has 0 unspecified atom stereocenters. The first-order chi connectivity index (χ1) is 9.28. The van der Waals surface area contributed by atoms with Crippen LogP contribution < -0.4 is 0 Å². The van der Waals surface area contributed by atoms with Crippen LogP contribution in [0, 0.1) is 6.92 Å². The van der Waals surface area contributed by atoms with Gasteiger partial charge in [-0.15, -0.1) is 5.10 Å². The summed E-state index contributed by atoms with van der Waals surface area (Å²) in [7, 11) is 0. The molecule has 0 spiro atoms. The minimum absolute atomic E-state index is 0.257. The van der Waals surface area contributed by atoms with E-state index in [9.17, 15) is 18.0 Å². The van der Waals surface area contributed by atoms with Crippen LogP contribution >= 0.6 is 0 Å². The number of hydrogen-bond acceptors (Lipinski definition) is 3. The molecule has 5 nitrogen and oxygen atoms in total. The fourth-order valence-corrected chi connectivity index (χ4v) is 1.81. The molecule has 8 heteroatoms. The third kappa shape index (κ3) is 2.95.